The van der Waals surface area contributed by atoms with Gasteiger partial charge in [0.1, 0.15) is 0 Å². The van der Waals surface area contributed by atoms with Crippen LogP contribution in [0.2, 0.25) is 0 Å². The van der Waals surface area contributed by atoms with Crippen LogP contribution >= 0.6 is 0 Å². The summed E-state index contributed by atoms with van der Waals surface area (Å²) in [5.41, 5.74) is -0.561. The van der Waals surface area contributed by atoms with E-state index in [1.165, 1.54) is 0 Å². The third-order valence-corrected chi connectivity index (χ3v) is 3.24. The van der Waals surface area contributed by atoms with Gasteiger partial charge in [0.15, 0.2) is 0 Å². The molecule has 1 unspecified atom stereocenters. The molecular weight excluding hydrogens is 190 g/mol. The quantitative estimate of drug-likeness (QED) is 0.756. The highest BCUT2D eigenvalue weighted by Crippen LogP contribution is 2.41. The molecular formula is C12H23NO2. The van der Waals surface area contributed by atoms with E-state index in [9.17, 15) is 9.90 Å². The third-order valence-electron chi connectivity index (χ3n) is 3.24. The van der Waals surface area contributed by atoms with Crippen LogP contribution in [0.25, 0.3) is 0 Å². The van der Waals surface area contributed by atoms with Gasteiger partial charge in [-0.15, -0.1) is 0 Å². The molecule has 1 saturated heterocycles. The van der Waals surface area contributed by atoms with E-state index in [0.29, 0.717) is 5.92 Å². The molecule has 0 aromatic rings. The van der Waals surface area contributed by atoms with Gasteiger partial charge in [-0.05, 0) is 45.6 Å². The monoisotopic (exact) mass is 213 g/mol. The van der Waals surface area contributed by atoms with Crippen molar-refractivity contribution < 1.29 is 9.90 Å². The van der Waals surface area contributed by atoms with Gasteiger partial charge in [-0.1, -0.05) is 13.8 Å². The zero-order chi connectivity index (χ0) is 11.7. The summed E-state index contributed by atoms with van der Waals surface area (Å²) < 4.78 is 0. The molecule has 1 aliphatic heterocycles. The number of nitrogens with one attached hydrogen (secondary N) is 1. The first-order valence-electron chi connectivity index (χ1n) is 5.76. The second kappa shape index (κ2) is 4.12. The van der Waals surface area contributed by atoms with Crippen molar-refractivity contribution in [2.75, 3.05) is 6.54 Å². The molecule has 2 N–H and O–H groups in total. The van der Waals surface area contributed by atoms with Crippen molar-refractivity contribution in [3.63, 3.8) is 0 Å². The number of carbonyl (C=O) groups is 1. The second-order valence-corrected chi connectivity index (χ2v) is 5.92. The summed E-state index contributed by atoms with van der Waals surface area (Å²) in [5.74, 6) is -0.180. The molecule has 1 fully saturated rings. The van der Waals surface area contributed by atoms with Gasteiger partial charge in [-0.2, -0.15) is 0 Å². The van der Waals surface area contributed by atoms with E-state index >= 15 is 0 Å². The first-order valence-corrected chi connectivity index (χ1v) is 5.76. The number of hydrogen-bond donors (Lipinski definition) is 2. The van der Waals surface area contributed by atoms with Gasteiger partial charge in [0, 0.05) is 5.54 Å². The van der Waals surface area contributed by atoms with Crippen molar-refractivity contribution in [3.05, 3.63) is 0 Å². The zero-order valence-electron chi connectivity index (χ0n) is 10.3. The fraction of sp³-hybridized carbons (Fsp3) is 0.917. The first-order chi connectivity index (χ1) is 6.77. The molecule has 1 atom stereocenters. The number of carboxylic acids is 1. The smallest absolute Gasteiger partial charge is 0.309 e. The zero-order valence-corrected chi connectivity index (χ0v) is 10.3. The Balaban J connectivity index is 2.86. The number of aliphatic carboxylic acids is 1. The van der Waals surface area contributed by atoms with Gasteiger partial charge in [0.05, 0.1) is 5.41 Å². The predicted octanol–water partition coefficient (Wildman–Crippen LogP) is 2.27. The molecule has 1 heterocycles. The second-order valence-electron chi connectivity index (χ2n) is 5.92. The highest BCUT2D eigenvalue weighted by atomic mass is 16.4. The molecule has 3 heteroatoms. The lowest BCUT2D eigenvalue weighted by Gasteiger charge is -2.43. The van der Waals surface area contributed by atoms with Crippen molar-refractivity contribution >= 4 is 5.97 Å². The summed E-state index contributed by atoms with van der Waals surface area (Å²) >= 11 is 0. The first kappa shape index (κ1) is 12.5. The highest BCUT2D eigenvalue weighted by Gasteiger charge is 2.45. The molecule has 0 bridgehead atoms. The number of carboxylic acid groups (broad SMARTS) is 1. The summed E-state index contributed by atoms with van der Waals surface area (Å²) in [6.45, 7) is 9.18. The minimum absolute atomic E-state index is 0.0501. The Kier molecular flexibility index (Phi) is 3.44. The van der Waals surface area contributed by atoms with Crippen molar-refractivity contribution in [2.45, 2.75) is 52.5 Å². The van der Waals surface area contributed by atoms with Crippen LogP contribution in [0.3, 0.4) is 0 Å². The average molecular weight is 213 g/mol. The fourth-order valence-corrected chi connectivity index (χ4v) is 2.86. The lowest BCUT2D eigenvalue weighted by molar-refractivity contribution is -0.153. The van der Waals surface area contributed by atoms with Crippen LogP contribution < -0.4 is 5.32 Å². The Hall–Kier alpha value is -0.570. The van der Waals surface area contributed by atoms with Crippen molar-refractivity contribution in [1.82, 2.24) is 5.32 Å². The summed E-state index contributed by atoms with van der Waals surface area (Å²) in [4.78, 5) is 11.5. The Bertz CT molecular complexity index is 248. The Morgan fingerprint density at radius 3 is 2.47 bits per heavy atom. The molecule has 1 rings (SSSR count). The van der Waals surface area contributed by atoms with E-state index in [1.807, 2.05) is 0 Å². The molecule has 1 aliphatic rings. The van der Waals surface area contributed by atoms with E-state index in [2.05, 4.69) is 33.0 Å². The SMILES string of the molecule is CC(C)CC1(C(=O)O)CCNC(C)(C)C1. The highest BCUT2D eigenvalue weighted by molar-refractivity contribution is 5.75. The van der Waals surface area contributed by atoms with Crippen LogP contribution in [-0.4, -0.2) is 23.2 Å². The molecule has 0 aliphatic carbocycles. The molecule has 0 radical (unpaired) electrons. The minimum atomic E-state index is -0.620. The maximum absolute atomic E-state index is 11.5. The maximum atomic E-state index is 11.5. The van der Waals surface area contributed by atoms with Crippen LogP contribution in [0, 0.1) is 11.3 Å². The maximum Gasteiger partial charge on any atom is 0.309 e. The van der Waals surface area contributed by atoms with Gasteiger partial charge in [-0.25, -0.2) is 0 Å². The van der Waals surface area contributed by atoms with Crippen LogP contribution in [-0.2, 0) is 4.79 Å². The van der Waals surface area contributed by atoms with Crippen LogP contribution in [0.5, 0.6) is 0 Å². The molecule has 0 aromatic carbocycles. The molecule has 15 heavy (non-hydrogen) atoms. The van der Waals surface area contributed by atoms with Gasteiger partial charge < -0.3 is 10.4 Å². The van der Waals surface area contributed by atoms with Crippen LogP contribution in [0.4, 0.5) is 0 Å². The fourth-order valence-electron chi connectivity index (χ4n) is 2.86. The number of hydrogen-bond acceptors (Lipinski definition) is 2. The predicted molar refractivity (Wildman–Crippen MR) is 60.8 cm³/mol. The lowest BCUT2D eigenvalue weighted by atomic mass is 9.67. The van der Waals surface area contributed by atoms with E-state index in [4.69, 9.17) is 0 Å². The Morgan fingerprint density at radius 2 is 2.07 bits per heavy atom. The molecule has 0 amide bonds. The van der Waals surface area contributed by atoms with E-state index < -0.39 is 11.4 Å². The summed E-state index contributed by atoms with van der Waals surface area (Å²) in [7, 11) is 0. The van der Waals surface area contributed by atoms with E-state index in [1.54, 1.807) is 0 Å². The van der Waals surface area contributed by atoms with Gasteiger partial charge in [0.2, 0.25) is 0 Å². The molecule has 3 nitrogen and oxygen atoms in total. The van der Waals surface area contributed by atoms with Crippen molar-refractivity contribution in [3.8, 4) is 0 Å². The standard InChI is InChI=1S/C12H23NO2/c1-9(2)7-12(10(14)15)5-6-13-11(3,4)8-12/h9,13H,5-8H2,1-4H3,(H,14,15). The normalized spacial score (nSPS) is 30.5. The molecule has 0 aromatic heterocycles. The van der Waals surface area contributed by atoms with E-state index in [0.717, 1.165) is 25.8 Å². The van der Waals surface area contributed by atoms with Crippen molar-refractivity contribution in [1.29, 1.82) is 0 Å². The third kappa shape index (κ3) is 2.94. The topological polar surface area (TPSA) is 49.3 Å². The Labute approximate surface area is 92.3 Å². The summed E-state index contributed by atoms with van der Waals surface area (Å²) in [6, 6.07) is 0. The average Bonchev–Trinajstić information content (AvgIpc) is 1.99. The molecule has 88 valence electrons. The van der Waals surface area contributed by atoms with E-state index in [-0.39, 0.29) is 5.54 Å². The van der Waals surface area contributed by atoms with Crippen LogP contribution in [0.15, 0.2) is 0 Å². The lowest BCUT2D eigenvalue weighted by Crippen LogP contribution is -2.53. The van der Waals surface area contributed by atoms with Crippen LogP contribution in [0.1, 0.15) is 47.0 Å². The Morgan fingerprint density at radius 1 is 1.47 bits per heavy atom. The van der Waals surface area contributed by atoms with Gasteiger partial charge >= 0.3 is 5.97 Å². The van der Waals surface area contributed by atoms with Gasteiger partial charge in [-0.3, -0.25) is 4.79 Å². The molecule has 0 saturated carbocycles. The molecule has 0 spiro atoms. The number of piperidine rings is 1. The van der Waals surface area contributed by atoms with Crippen molar-refractivity contribution in [2.24, 2.45) is 11.3 Å². The largest absolute Gasteiger partial charge is 0.481 e. The summed E-state index contributed by atoms with van der Waals surface area (Å²) in [5, 5.41) is 12.8. The number of rotatable bonds is 3. The minimum Gasteiger partial charge on any atom is -0.481 e. The summed E-state index contributed by atoms with van der Waals surface area (Å²) in [6.07, 6.45) is 2.27. The van der Waals surface area contributed by atoms with Gasteiger partial charge in [0.25, 0.3) is 0 Å².